The molecule has 0 spiro atoms. The van der Waals surface area contributed by atoms with Crippen LogP contribution in [0.2, 0.25) is 0 Å². The molecule has 0 saturated heterocycles. The molecule has 0 aliphatic carbocycles. The van der Waals surface area contributed by atoms with Crippen molar-refractivity contribution in [2.75, 3.05) is 13.2 Å². The van der Waals surface area contributed by atoms with Gasteiger partial charge in [-0.15, -0.1) is 11.3 Å². The van der Waals surface area contributed by atoms with E-state index < -0.39 is 0 Å². The summed E-state index contributed by atoms with van der Waals surface area (Å²) in [4.78, 5) is 4.54. The van der Waals surface area contributed by atoms with Crippen molar-refractivity contribution in [2.45, 2.75) is 19.4 Å². The van der Waals surface area contributed by atoms with Crippen LogP contribution in [0, 0.1) is 0 Å². The van der Waals surface area contributed by atoms with E-state index in [4.69, 9.17) is 10.5 Å². The summed E-state index contributed by atoms with van der Waals surface area (Å²) >= 11 is 1.71. The quantitative estimate of drug-likeness (QED) is 0.865. The highest BCUT2D eigenvalue weighted by Gasteiger charge is 2.08. The number of hydrogen-bond acceptors (Lipinski definition) is 4. The second-order valence-corrected chi connectivity index (χ2v) is 4.81. The fourth-order valence-corrected chi connectivity index (χ4v) is 2.62. The Morgan fingerprint density at radius 2 is 2.25 bits per heavy atom. The van der Waals surface area contributed by atoms with E-state index in [-0.39, 0.29) is 6.04 Å². The molecule has 0 amide bonds. The summed E-state index contributed by atoms with van der Waals surface area (Å²) in [5.41, 5.74) is 7.02. The number of para-hydroxylation sites is 1. The lowest BCUT2D eigenvalue weighted by molar-refractivity contribution is 0.133. The monoisotopic (exact) mass is 236 g/mol. The van der Waals surface area contributed by atoms with Crippen LogP contribution in [0.15, 0.2) is 24.3 Å². The Bertz CT molecular complexity index is 422. The Morgan fingerprint density at radius 1 is 1.44 bits per heavy atom. The molecule has 1 unspecified atom stereocenters. The van der Waals surface area contributed by atoms with E-state index >= 15 is 0 Å². The summed E-state index contributed by atoms with van der Waals surface area (Å²) in [5.74, 6) is 0. The van der Waals surface area contributed by atoms with Gasteiger partial charge in [0.05, 0.1) is 21.8 Å². The third kappa shape index (κ3) is 2.78. The summed E-state index contributed by atoms with van der Waals surface area (Å²) in [7, 11) is 0. The smallest absolute Gasteiger partial charge is 0.0954 e. The van der Waals surface area contributed by atoms with Gasteiger partial charge >= 0.3 is 0 Å². The molecule has 3 nitrogen and oxygen atoms in total. The summed E-state index contributed by atoms with van der Waals surface area (Å²) in [6, 6.07) is 8.20. The molecule has 2 aromatic rings. The fourth-order valence-electron chi connectivity index (χ4n) is 1.56. The molecule has 0 aliphatic heterocycles. The van der Waals surface area contributed by atoms with Crippen molar-refractivity contribution in [1.82, 2.24) is 4.98 Å². The van der Waals surface area contributed by atoms with Crippen molar-refractivity contribution in [1.29, 1.82) is 0 Å². The number of nitrogens with zero attached hydrogens (tertiary/aromatic N) is 1. The van der Waals surface area contributed by atoms with Gasteiger partial charge in [-0.2, -0.15) is 0 Å². The number of rotatable bonds is 5. The van der Waals surface area contributed by atoms with E-state index in [1.807, 2.05) is 25.1 Å². The SMILES string of the molecule is CCOCC(N)Cc1nc2ccccc2s1. The van der Waals surface area contributed by atoms with Crippen molar-refractivity contribution < 1.29 is 4.74 Å². The Kier molecular flexibility index (Phi) is 3.88. The Hall–Kier alpha value is -0.970. The summed E-state index contributed by atoms with van der Waals surface area (Å²) in [5, 5.41) is 1.09. The molecule has 4 heteroatoms. The molecule has 0 saturated carbocycles. The largest absolute Gasteiger partial charge is 0.380 e. The summed E-state index contributed by atoms with van der Waals surface area (Å²) in [6.45, 7) is 3.30. The van der Waals surface area contributed by atoms with E-state index in [2.05, 4.69) is 11.1 Å². The van der Waals surface area contributed by atoms with Gasteiger partial charge in [0.1, 0.15) is 0 Å². The van der Waals surface area contributed by atoms with Crippen LogP contribution in [0.25, 0.3) is 10.2 Å². The number of thiazole rings is 1. The lowest BCUT2D eigenvalue weighted by atomic mass is 10.2. The Balaban J connectivity index is 2.03. The van der Waals surface area contributed by atoms with Gasteiger partial charge in [-0.25, -0.2) is 4.98 Å². The molecule has 0 aliphatic rings. The van der Waals surface area contributed by atoms with Gasteiger partial charge in [0.2, 0.25) is 0 Å². The maximum Gasteiger partial charge on any atom is 0.0954 e. The predicted octanol–water partition coefficient (Wildman–Crippen LogP) is 2.20. The van der Waals surface area contributed by atoms with E-state index in [9.17, 15) is 0 Å². The zero-order valence-electron chi connectivity index (χ0n) is 9.35. The van der Waals surface area contributed by atoms with Crippen LogP contribution in [-0.4, -0.2) is 24.2 Å². The molecule has 0 fully saturated rings. The first-order chi connectivity index (χ1) is 7.79. The number of fused-ring (bicyclic) bond motifs is 1. The maximum absolute atomic E-state index is 5.96. The number of aromatic nitrogens is 1. The molecular formula is C12H16N2OS. The van der Waals surface area contributed by atoms with E-state index in [0.717, 1.165) is 16.9 Å². The van der Waals surface area contributed by atoms with Crippen molar-refractivity contribution in [2.24, 2.45) is 5.73 Å². The Labute approximate surface area is 99.3 Å². The predicted molar refractivity (Wildman–Crippen MR) is 67.8 cm³/mol. The van der Waals surface area contributed by atoms with Gasteiger partial charge in [0.15, 0.2) is 0 Å². The lowest BCUT2D eigenvalue weighted by Crippen LogP contribution is -2.28. The van der Waals surface area contributed by atoms with Crippen molar-refractivity contribution >= 4 is 21.6 Å². The normalized spacial score (nSPS) is 13.1. The third-order valence-electron chi connectivity index (χ3n) is 2.31. The first kappa shape index (κ1) is 11.5. The van der Waals surface area contributed by atoms with Gasteiger partial charge in [-0.1, -0.05) is 12.1 Å². The molecule has 0 bridgehead atoms. The minimum Gasteiger partial charge on any atom is -0.380 e. The van der Waals surface area contributed by atoms with Crippen LogP contribution < -0.4 is 5.73 Å². The molecule has 1 aromatic carbocycles. The maximum atomic E-state index is 5.96. The van der Waals surface area contributed by atoms with Crippen molar-refractivity contribution in [3.8, 4) is 0 Å². The van der Waals surface area contributed by atoms with Gasteiger partial charge in [-0.3, -0.25) is 0 Å². The molecule has 1 aromatic heterocycles. The van der Waals surface area contributed by atoms with E-state index in [1.54, 1.807) is 11.3 Å². The molecule has 86 valence electrons. The summed E-state index contributed by atoms with van der Waals surface area (Å²) < 4.78 is 6.52. The van der Waals surface area contributed by atoms with Crippen LogP contribution in [0.1, 0.15) is 11.9 Å². The van der Waals surface area contributed by atoms with Crippen LogP contribution in [-0.2, 0) is 11.2 Å². The van der Waals surface area contributed by atoms with Crippen molar-refractivity contribution in [3.05, 3.63) is 29.3 Å². The second-order valence-electron chi connectivity index (χ2n) is 3.70. The minimum atomic E-state index is 0.0421. The van der Waals surface area contributed by atoms with Gasteiger partial charge in [-0.05, 0) is 19.1 Å². The van der Waals surface area contributed by atoms with Gasteiger partial charge in [0, 0.05) is 19.1 Å². The van der Waals surface area contributed by atoms with E-state index in [1.165, 1.54) is 4.70 Å². The molecule has 2 rings (SSSR count). The highest BCUT2D eigenvalue weighted by Crippen LogP contribution is 2.22. The number of ether oxygens (including phenoxy) is 1. The number of benzene rings is 1. The standard InChI is InChI=1S/C12H16N2OS/c1-2-15-8-9(13)7-12-14-10-5-3-4-6-11(10)16-12/h3-6,9H,2,7-8,13H2,1H3. The third-order valence-corrected chi connectivity index (χ3v) is 3.37. The minimum absolute atomic E-state index is 0.0421. The van der Waals surface area contributed by atoms with Gasteiger partial charge < -0.3 is 10.5 Å². The average Bonchev–Trinajstić information content (AvgIpc) is 2.68. The number of hydrogen-bond donors (Lipinski definition) is 1. The molecule has 1 atom stereocenters. The highest BCUT2D eigenvalue weighted by atomic mass is 32.1. The van der Waals surface area contributed by atoms with Crippen molar-refractivity contribution in [3.63, 3.8) is 0 Å². The Morgan fingerprint density at radius 3 is 3.00 bits per heavy atom. The molecule has 2 N–H and O–H groups in total. The second kappa shape index (κ2) is 5.39. The molecule has 0 radical (unpaired) electrons. The summed E-state index contributed by atoms with van der Waals surface area (Å²) in [6.07, 6.45) is 0.791. The highest BCUT2D eigenvalue weighted by molar-refractivity contribution is 7.18. The zero-order chi connectivity index (χ0) is 11.4. The van der Waals surface area contributed by atoms with Crippen LogP contribution in [0.3, 0.4) is 0 Å². The molecule has 1 heterocycles. The van der Waals surface area contributed by atoms with Crippen LogP contribution >= 0.6 is 11.3 Å². The van der Waals surface area contributed by atoms with E-state index in [0.29, 0.717) is 13.2 Å². The topological polar surface area (TPSA) is 48.1 Å². The fraction of sp³-hybridized carbons (Fsp3) is 0.417. The molecular weight excluding hydrogens is 220 g/mol. The average molecular weight is 236 g/mol. The lowest BCUT2D eigenvalue weighted by Gasteiger charge is -2.08. The van der Waals surface area contributed by atoms with Crippen LogP contribution in [0.5, 0.6) is 0 Å². The molecule has 16 heavy (non-hydrogen) atoms. The zero-order valence-corrected chi connectivity index (χ0v) is 10.2. The van der Waals surface area contributed by atoms with Gasteiger partial charge in [0.25, 0.3) is 0 Å². The first-order valence-electron chi connectivity index (χ1n) is 5.47. The van der Waals surface area contributed by atoms with Crippen LogP contribution in [0.4, 0.5) is 0 Å². The first-order valence-corrected chi connectivity index (χ1v) is 6.29. The number of nitrogens with two attached hydrogens (primary N) is 1.